The van der Waals surface area contributed by atoms with Gasteiger partial charge in [0.2, 0.25) is 0 Å². The minimum absolute atomic E-state index is 0.350. The average molecular weight is 390 g/mol. The Labute approximate surface area is 138 Å². The molecule has 0 saturated heterocycles. The molecule has 1 heterocycles. The number of aliphatic carboxylic acids is 1. The normalized spacial score (nSPS) is 11.7. The van der Waals surface area contributed by atoms with Crippen molar-refractivity contribution in [1.29, 1.82) is 0 Å². The molecule has 0 fully saturated rings. The smallest absolute Gasteiger partial charge is 0.331 e. The van der Waals surface area contributed by atoms with Crippen molar-refractivity contribution in [3.8, 4) is 0 Å². The van der Waals surface area contributed by atoms with E-state index in [1.807, 2.05) is 0 Å². The van der Waals surface area contributed by atoms with Crippen LogP contribution in [0.15, 0.2) is 40.2 Å². The van der Waals surface area contributed by atoms with Gasteiger partial charge in [0, 0.05) is 9.35 Å². The minimum atomic E-state index is -1.13. The summed E-state index contributed by atoms with van der Waals surface area (Å²) in [5, 5.41) is 16.2. The Hall–Kier alpha value is -1.57. The molecule has 2 amide bonds. The molecular weight excluding hydrogens is 380 g/mol. The first kappa shape index (κ1) is 15.8. The highest BCUT2D eigenvalue weighted by atomic mass is 79.9. The maximum absolute atomic E-state index is 11.9. The number of hydrogen-bond donors (Lipinski definition) is 3. The number of nitrogens with one attached hydrogen (secondary N) is 2. The number of carboxylic acid groups (broad SMARTS) is 1. The molecule has 0 spiro atoms. The van der Waals surface area contributed by atoms with Gasteiger partial charge in [0.25, 0.3) is 0 Å². The number of amides is 2. The molecule has 3 N–H and O–H groups in total. The summed E-state index contributed by atoms with van der Waals surface area (Å²) in [6.45, 7) is 0. The maximum atomic E-state index is 11.9. The second-order valence-corrected chi connectivity index (χ2v) is 6.31. The Balaban J connectivity index is 2.08. The van der Waals surface area contributed by atoms with Gasteiger partial charge in [-0.15, -0.1) is 11.3 Å². The van der Waals surface area contributed by atoms with Gasteiger partial charge in [-0.1, -0.05) is 33.6 Å². The van der Waals surface area contributed by atoms with E-state index in [1.54, 1.807) is 35.7 Å². The summed E-state index contributed by atoms with van der Waals surface area (Å²) < 4.78 is 0.778. The number of carbonyl (C=O) groups is 2. The van der Waals surface area contributed by atoms with E-state index in [2.05, 4.69) is 26.6 Å². The van der Waals surface area contributed by atoms with E-state index in [1.165, 1.54) is 11.3 Å². The Kier molecular flexibility index (Phi) is 5.22. The second kappa shape index (κ2) is 6.93. The highest BCUT2D eigenvalue weighted by molar-refractivity contribution is 9.10. The Bertz CT molecular complexity index is 663. The third-order valence-corrected chi connectivity index (χ3v) is 4.27. The summed E-state index contributed by atoms with van der Waals surface area (Å²) in [5.74, 6) is -1.13. The second-order valence-electron chi connectivity index (χ2n) is 4.01. The van der Waals surface area contributed by atoms with Gasteiger partial charge in [0.05, 0.1) is 10.7 Å². The maximum Gasteiger partial charge on any atom is 0.331 e. The number of thiophene rings is 1. The van der Waals surface area contributed by atoms with Crippen LogP contribution < -0.4 is 10.6 Å². The number of benzene rings is 1. The van der Waals surface area contributed by atoms with E-state index in [9.17, 15) is 14.7 Å². The molecule has 2 rings (SSSR count). The standard InChI is InChI=1S/C13H10BrClN2O3S/c14-7-3-4-9(8(15)6-7)16-13(20)17-11(12(18)19)10-2-1-5-21-10/h1-6,11H,(H,18,19)(H2,16,17,20). The highest BCUT2D eigenvalue weighted by Crippen LogP contribution is 2.26. The predicted octanol–water partition coefficient (Wildman–Crippen LogP) is 4.11. The number of urea groups is 1. The molecule has 0 aliphatic rings. The molecule has 21 heavy (non-hydrogen) atoms. The monoisotopic (exact) mass is 388 g/mol. The Morgan fingerprint density at radius 1 is 1.33 bits per heavy atom. The average Bonchev–Trinajstić information content (AvgIpc) is 2.92. The molecule has 1 unspecified atom stereocenters. The van der Waals surface area contributed by atoms with E-state index < -0.39 is 18.0 Å². The van der Waals surface area contributed by atoms with Gasteiger partial charge < -0.3 is 15.7 Å². The molecule has 0 bridgehead atoms. The van der Waals surface area contributed by atoms with E-state index in [-0.39, 0.29) is 0 Å². The lowest BCUT2D eigenvalue weighted by atomic mass is 10.2. The minimum Gasteiger partial charge on any atom is -0.479 e. The molecule has 5 nitrogen and oxygen atoms in total. The zero-order chi connectivity index (χ0) is 15.4. The van der Waals surface area contributed by atoms with Crippen molar-refractivity contribution in [3.05, 3.63) is 50.1 Å². The molecule has 0 saturated carbocycles. The predicted molar refractivity (Wildman–Crippen MR) is 86.0 cm³/mol. The van der Waals surface area contributed by atoms with Crippen LogP contribution in [0.4, 0.5) is 10.5 Å². The van der Waals surface area contributed by atoms with Crippen LogP contribution in [0.25, 0.3) is 0 Å². The highest BCUT2D eigenvalue weighted by Gasteiger charge is 2.23. The quantitative estimate of drug-likeness (QED) is 0.736. The van der Waals surface area contributed by atoms with Crippen LogP contribution in [0.2, 0.25) is 5.02 Å². The molecular formula is C13H10BrClN2O3S. The number of carboxylic acids is 1. The lowest BCUT2D eigenvalue weighted by Gasteiger charge is -2.14. The zero-order valence-electron chi connectivity index (χ0n) is 10.5. The number of carbonyl (C=O) groups excluding carboxylic acids is 1. The van der Waals surface area contributed by atoms with Crippen LogP contribution >= 0.6 is 38.9 Å². The van der Waals surface area contributed by atoms with E-state index >= 15 is 0 Å². The van der Waals surface area contributed by atoms with Crippen molar-refractivity contribution in [2.75, 3.05) is 5.32 Å². The van der Waals surface area contributed by atoms with Gasteiger partial charge in [0.15, 0.2) is 6.04 Å². The number of hydrogen-bond acceptors (Lipinski definition) is 3. The van der Waals surface area contributed by atoms with Gasteiger partial charge in [-0.3, -0.25) is 0 Å². The SMILES string of the molecule is O=C(Nc1ccc(Br)cc1Cl)NC(C(=O)O)c1cccs1. The lowest BCUT2D eigenvalue weighted by molar-refractivity contribution is -0.139. The third kappa shape index (κ3) is 4.20. The van der Waals surface area contributed by atoms with E-state index in [0.29, 0.717) is 15.6 Å². The van der Waals surface area contributed by atoms with Crippen LogP contribution in [-0.4, -0.2) is 17.1 Å². The van der Waals surface area contributed by atoms with Gasteiger partial charge >= 0.3 is 12.0 Å². The fourth-order valence-corrected chi connectivity index (χ4v) is 3.08. The molecule has 0 aliphatic heterocycles. The van der Waals surface area contributed by atoms with Gasteiger partial charge in [-0.05, 0) is 29.6 Å². The van der Waals surface area contributed by atoms with E-state index in [0.717, 1.165) is 4.47 Å². The molecule has 0 radical (unpaired) electrons. The van der Waals surface area contributed by atoms with Crippen LogP contribution in [0.1, 0.15) is 10.9 Å². The van der Waals surface area contributed by atoms with Crippen molar-refractivity contribution in [2.24, 2.45) is 0 Å². The van der Waals surface area contributed by atoms with Crippen LogP contribution in [-0.2, 0) is 4.79 Å². The van der Waals surface area contributed by atoms with Gasteiger partial charge in [-0.25, -0.2) is 9.59 Å². The molecule has 110 valence electrons. The first-order valence-electron chi connectivity index (χ1n) is 5.76. The Morgan fingerprint density at radius 2 is 2.10 bits per heavy atom. The van der Waals surface area contributed by atoms with Gasteiger partial charge in [0.1, 0.15) is 0 Å². The van der Waals surface area contributed by atoms with Crippen LogP contribution in [0, 0.1) is 0 Å². The van der Waals surface area contributed by atoms with Crippen LogP contribution in [0.3, 0.4) is 0 Å². The topological polar surface area (TPSA) is 78.4 Å². The largest absolute Gasteiger partial charge is 0.479 e. The number of anilines is 1. The molecule has 0 aliphatic carbocycles. The Morgan fingerprint density at radius 3 is 2.67 bits per heavy atom. The third-order valence-electron chi connectivity index (χ3n) is 2.53. The molecule has 2 aromatic rings. The zero-order valence-corrected chi connectivity index (χ0v) is 13.6. The van der Waals surface area contributed by atoms with Gasteiger partial charge in [-0.2, -0.15) is 0 Å². The van der Waals surface area contributed by atoms with E-state index in [4.69, 9.17) is 11.6 Å². The van der Waals surface area contributed by atoms with Crippen molar-refractivity contribution >= 4 is 56.6 Å². The van der Waals surface area contributed by atoms with Crippen molar-refractivity contribution in [1.82, 2.24) is 5.32 Å². The summed E-state index contributed by atoms with van der Waals surface area (Å²) in [6.07, 6.45) is 0. The molecule has 1 aromatic carbocycles. The first-order valence-corrected chi connectivity index (χ1v) is 7.81. The molecule has 1 atom stereocenters. The van der Waals surface area contributed by atoms with Crippen molar-refractivity contribution < 1.29 is 14.7 Å². The molecule has 8 heteroatoms. The number of halogens is 2. The fourth-order valence-electron chi connectivity index (χ4n) is 1.59. The van der Waals surface area contributed by atoms with Crippen molar-refractivity contribution in [2.45, 2.75) is 6.04 Å². The lowest BCUT2D eigenvalue weighted by Crippen LogP contribution is -2.36. The summed E-state index contributed by atoms with van der Waals surface area (Å²) in [7, 11) is 0. The number of rotatable bonds is 4. The fraction of sp³-hybridized carbons (Fsp3) is 0.0769. The van der Waals surface area contributed by atoms with Crippen LogP contribution in [0.5, 0.6) is 0 Å². The van der Waals surface area contributed by atoms with Crippen molar-refractivity contribution in [3.63, 3.8) is 0 Å². The first-order chi connectivity index (χ1) is 9.97. The summed E-state index contributed by atoms with van der Waals surface area (Å²) >= 11 is 10.5. The summed E-state index contributed by atoms with van der Waals surface area (Å²) in [4.78, 5) is 23.7. The molecule has 1 aromatic heterocycles. The summed E-state index contributed by atoms with van der Waals surface area (Å²) in [5.41, 5.74) is 0.396. The summed E-state index contributed by atoms with van der Waals surface area (Å²) in [6, 6.07) is 6.60.